The fourth-order valence-corrected chi connectivity index (χ4v) is 5.33. The van der Waals surface area contributed by atoms with Crippen LogP contribution in [0.5, 0.6) is 0 Å². The Hall–Kier alpha value is -1.05. The summed E-state index contributed by atoms with van der Waals surface area (Å²) in [7, 11) is 1.53. The first-order chi connectivity index (χ1) is 10.8. The molecule has 130 valence electrons. The van der Waals surface area contributed by atoms with Gasteiger partial charge in [-0.05, 0) is 69.6 Å². The molecule has 0 spiro atoms. The molecule has 0 N–H and O–H groups in total. The summed E-state index contributed by atoms with van der Waals surface area (Å²) >= 11 is 0. The summed E-state index contributed by atoms with van der Waals surface area (Å²) in [5.41, 5.74) is 2.68. The van der Waals surface area contributed by atoms with Crippen LogP contribution in [0.4, 0.5) is 0 Å². The summed E-state index contributed by atoms with van der Waals surface area (Å²) in [4.78, 5) is 12.5. The zero-order valence-corrected chi connectivity index (χ0v) is 15.7. The zero-order chi connectivity index (χ0) is 17.3. The maximum Gasteiger partial charge on any atom is 0.311 e. The second kappa shape index (κ2) is 6.83. The maximum absolute atomic E-state index is 12.5. The van der Waals surface area contributed by atoms with E-state index in [0.29, 0.717) is 11.8 Å². The zero-order valence-electron chi connectivity index (χ0n) is 15.7. The molecule has 0 heterocycles. The maximum atomic E-state index is 12.5. The van der Waals surface area contributed by atoms with Crippen LogP contribution in [0.3, 0.4) is 0 Å². The molecule has 2 nitrogen and oxygen atoms in total. The van der Waals surface area contributed by atoms with E-state index < -0.39 is 0 Å². The minimum atomic E-state index is -0.329. The Morgan fingerprint density at radius 1 is 1.39 bits per heavy atom. The molecule has 0 aromatic carbocycles. The number of esters is 1. The minimum absolute atomic E-state index is 0.0139. The van der Waals surface area contributed by atoms with Crippen LogP contribution in [0.25, 0.3) is 0 Å². The van der Waals surface area contributed by atoms with Crippen LogP contribution >= 0.6 is 0 Å². The second-order valence-corrected chi connectivity index (χ2v) is 8.21. The molecule has 2 aliphatic rings. The van der Waals surface area contributed by atoms with Crippen molar-refractivity contribution in [1.29, 1.82) is 0 Å². The Balaban J connectivity index is 2.35. The third-order valence-corrected chi connectivity index (χ3v) is 6.93. The highest BCUT2D eigenvalue weighted by Crippen LogP contribution is 2.62. The van der Waals surface area contributed by atoms with Crippen LogP contribution in [0, 0.1) is 22.7 Å². The van der Waals surface area contributed by atoms with Crippen molar-refractivity contribution in [3.63, 3.8) is 0 Å². The Labute approximate surface area is 142 Å². The van der Waals surface area contributed by atoms with Crippen LogP contribution in [-0.4, -0.2) is 13.1 Å². The molecule has 2 saturated carbocycles. The molecule has 0 aromatic heterocycles. The van der Waals surface area contributed by atoms with E-state index in [0.717, 1.165) is 38.5 Å². The summed E-state index contributed by atoms with van der Waals surface area (Å²) in [5, 5.41) is 0. The molecule has 0 aliphatic heterocycles. The van der Waals surface area contributed by atoms with Gasteiger partial charge in [0.25, 0.3) is 0 Å². The van der Waals surface area contributed by atoms with Crippen LogP contribution in [-0.2, 0) is 9.53 Å². The molecule has 0 aromatic rings. The quantitative estimate of drug-likeness (QED) is 0.492. The Morgan fingerprint density at radius 2 is 2.09 bits per heavy atom. The number of methoxy groups -OCH3 is 1. The van der Waals surface area contributed by atoms with E-state index in [1.165, 1.54) is 24.7 Å². The van der Waals surface area contributed by atoms with Crippen molar-refractivity contribution >= 4 is 5.97 Å². The number of rotatable bonds is 4. The summed E-state index contributed by atoms with van der Waals surface area (Å²) in [6, 6.07) is 0. The molecular formula is C21H34O2. The van der Waals surface area contributed by atoms with Crippen molar-refractivity contribution in [3.8, 4) is 0 Å². The number of ether oxygens (including phenoxy) is 1. The van der Waals surface area contributed by atoms with Gasteiger partial charge < -0.3 is 4.74 Å². The minimum Gasteiger partial charge on any atom is -0.469 e. The van der Waals surface area contributed by atoms with Crippen molar-refractivity contribution in [2.45, 2.75) is 72.6 Å². The lowest BCUT2D eigenvalue weighted by Crippen LogP contribution is -2.53. The van der Waals surface area contributed by atoms with Gasteiger partial charge in [-0.25, -0.2) is 0 Å². The summed E-state index contributed by atoms with van der Waals surface area (Å²) < 4.78 is 5.19. The van der Waals surface area contributed by atoms with E-state index in [2.05, 4.69) is 40.3 Å². The Bertz CT molecular complexity index is 504. The van der Waals surface area contributed by atoms with E-state index in [4.69, 9.17) is 4.74 Å². The highest BCUT2D eigenvalue weighted by molar-refractivity contribution is 5.77. The van der Waals surface area contributed by atoms with Gasteiger partial charge in [-0.2, -0.15) is 0 Å². The topological polar surface area (TPSA) is 26.3 Å². The van der Waals surface area contributed by atoms with Crippen molar-refractivity contribution < 1.29 is 9.53 Å². The molecular weight excluding hydrogens is 284 g/mol. The lowest BCUT2D eigenvalue weighted by atomic mass is 9.46. The average molecular weight is 319 g/mol. The van der Waals surface area contributed by atoms with E-state index in [9.17, 15) is 4.79 Å². The van der Waals surface area contributed by atoms with Gasteiger partial charge in [-0.15, -0.1) is 0 Å². The standard InChI is InChI=1S/C21H34O2/c1-7-15(2)9-11-17-16(3)10-12-18-20(17,4)13-8-14-21(18,5)19(22)23-6/h9,17-18H,3,7-8,10-14H2,1-2,4-6H3/b15-9-/t17-,18?,20+,21-/m0/s1. The predicted octanol–water partition coefficient (Wildman–Crippen LogP) is 5.68. The van der Waals surface area contributed by atoms with E-state index in [1.54, 1.807) is 0 Å². The summed E-state index contributed by atoms with van der Waals surface area (Å²) in [6.45, 7) is 13.4. The highest BCUT2D eigenvalue weighted by Gasteiger charge is 2.57. The van der Waals surface area contributed by atoms with Crippen molar-refractivity contribution in [1.82, 2.24) is 0 Å². The predicted molar refractivity (Wildman–Crippen MR) is 96.1 cm³/mol. The third-order valence-electron chi connectivity index (χ3n) is 6.93. The number of carbonyl (C=O) groups is 1. The van der Waals surface area contributed by atoms with Crippen LogP contribution in [0.15, 0.2) is 23.8 Å². The molecule has 0 amide bonds. The van der Waals surface area contributed by atoms with Crippen molar-refractivity contribution in [2.75, 3.05) is 7.11 Å². The number of hydrogen-bond acceptors (Lipinski definition) is 2. The molecule has 23 heavy (non-hydrogen) atoms. The Kier molecular flexibility index (Phi) is 5.43. The SMILES string of the molecule is C=C1CCC2[C@](C)(CCC[C@]2(C)C(=O)OC)[C@H]1C/C=C(/C)CC. The second-order valence-electron chi connectivity index (χ2n) is 8.21. The normalized spacial score (nSPS) is 38.1. The largest absolute Gasteiger partial charge is 0.469 e. The molecule has 2 aliphatic carbocycles. The van der Waals surface area contributed by atoms with Crippen molar-refractivity contribution in [2.24, 2.45) is 22.7 Å². The molecule has 0 bridgehead atoms. The van der Waals surface area contributed by atoms with Gasteiger partial charge in [-0.1, -0.05) is 44.1 Å². The van der Waals surface area contributed by atoms with Gasteiger partial charge in [0.2, 0.25) is 0 Å². The fraction of sp³-hybridized carbons (Fsp3) is 0.762. The lowest BCUT2D eigenvalue weighted by molar-refractivity contribution is -0.167. The van der Waals surface area contributed by atoms with Gasteiger partial charge in [-0.3, -0.25) is 4.79 Å². The molecule has 4 atom stereocenters. The van der Waals surface area contributed by atoms with Gasteiger partial charge in [0.1, 0.15) is 0 Å². The van der Waals surface area contributed by atoms with Gasteiger partial charge in [0.15, 0.2) is 0 Å². The van der Waals surface area contributed by atoms with Crippen LogP contribution in [0.1, 0.15) is 72.6 Å². The summed E-state index contributed by atoms with van der Waals surface area (Å²) in [6.07, 6.45) is 9.98. The molecule has 2 rings (SSSR count). The number of allylic oxidation sites excluding steroid dienone is 3. The summed E-state index contributed by atoms with van der Waals surface area (Å²) in [5.74, 6) is 0.883. The van der Waals surface area contributed by atoms with E-state index in [-0.39, 0.29) is 16.8 Å². The number of hydrogen-bond donors (Lipinski definition) is 0. The first-order valence-corrected chi connectivity index (χ1v) is 9.21. The molecule has 0 radical (unpaired) electrons. The first kappa shape index (κ1) is 18.3. The fourth-order valence-electron chi connectivity index (χ4n) is 5.33. The molecule has 0 saturated heterocycles. The first-order valence-electron chi connectivity index (χ1n) is 9.21. The molecule has 2 fully saturated rings. The van der Waals surface area contributed by atoms with Crippen LogP contribution < -0.4 is 0 Å². The van der Waals surface area contributed by atoms with E-state index in [1.807, 2.05) is 0 Å². The highest BCUT2D eigenvalue weighted by atomic mass is 16.5. The monoisotopic (exact) mass is 318 g/mol. The van der Waals surface area contributed by atoms with Gasteiger partial charge in [0.05, 0.1) is 12.5 Å². The number of fused-ring (bicyclic) bond motifs is 1. The van der Waals surface area contributed by atoms with Crippen molar-refractivity contribution in [3.05, 3.63) is 23.8 Å². The van der Waals surface area contributed by atoms with Gasteiger partial charge >= 0.3 is 5.97 Å². The van der Waals surface area contributed by atoms with Crippen LogP contribution in [0.2, 0.25) is 0 Å². The lowest BCUT2D eigenvalue weighted by Gasteiger charge is -2.57. The Morgan fingerprint density at radius 3 is 2.70 bits per heavy atom. The smallest absolute Gasteiger partial charge is 0.311 e. The van der Waals surface area contributed by atoms with E-state index >= 15 is 0 Å². The number of carbonyl (C=O) groups excluding carboxylic acids is 1. The average Bonchev–Trinajstić information content (AvgIpc) is 2.52. The van der Waals surface area contributed by atoms with Gasteiger partial charge in [0, 0.05) is 0 Å². The third kappa shape index (κ3) is 3.14. The molecule has 2 heteroatoms. The molecule has 1 unspecified atom stereocenters.